The van der Waals surface area contributed by atoms with Gasteiger partial charge in [-0.25, -0.2) is 9.37 Å². The van der Waals surface area contributed by atoms with Crippen molar-refractivity contribution in [3.05, 3.63) is 64.0 Å². The molecule has 0 saturated carbocycles. The van der Waals surface area contributed by atoms with Crippen molar-refractivity contribution in [3.63, 3.8) is 0 Å². The number of aromatic nitrogens is 1. The Labute approximate surface area is 171 Å². The van der Waals surface area contributed by atoms with Gasteiger partial charge in [-0.1, -0.05) is 29.5 Å². The first-order chi connectivity index (χ1) is 13.8. The average Bonchev–Trinajstić information content (AvgIpc) is 3.10. The van der Waals surface area contributed by atoms with Crippen LogP contribution in [0.25, 0.3) is 10.2 Å². The first-order valence-electron chi connectivity index (χ1n) is 9.08. The molecule has 0 saturated heterocycles. The minimum absolute atomic E-state index is 0.0225. The lowest BCUT2D eigenvalue weighted by Gasteiger charge is -2.21. The van der Waals surface area contributed by atoms with Gasteiger partial charge in [0.1, 0.15) is 11.3 Å². The number of amides is 1. The summed E-state index contributed by atoms with van der Waals surface area (Å²) in [5.74, 6) is -0.599. The topological polar surface area (TPSA) is 79.6 Å². The van der Waals surface area contributed by atoms with Crippen LogP contribution in [0.2, 0.25) is 0 Å². The Hall–Kier alpha value is -2.91. The zero-order valence-corrected chi connectivity index (χ0v) is 17.0. The third-order valence-corrected chi connectivity index (χ3v) is 5.42. The molecule has 0 unspecified atom stereocenters. The van der Waals surface area contributed by atoms with Gasteiger partial charge in [0.15, 0.2) is 5.13 Å². The summed E-state index contributed by atoms with van der Waals surface area (Å²) in [7, 11) is 3.91. The van der Waals surface area contributed by atoms with Gasteiger partial charge in [-0.15, -0.1) is 0 Å². The Balaban J connectivity index is 1.84. The molecule has 0 N–H and O–H groups in total. The number of nitrogens with zero attached hydrogens (tertiary/aromatic N) is 4. The third kappa shape index (κ3) is 5.12. The van der Waals surface area contributed by atoms with E-state index in [1.807, 2.05) is 19.0 Å². The number of halogens is 1. The quantitative estimate of drug-likeness (QED) is 0.411. The molecule has 2 aromatic carbocycles. The molecule has 152 valence electrons. The molecule has 7 nitrogen and oxygen atoms in total. The summed E-state index contributed by atoms with van der Waals surface area (Å²) < 4.78 is 14.7. The van der Waals surface area contributed by atoms with Crippen molar-refractivity contribution in [2.75, 3.05) is 32.1 Å². The third-order valence-electron chi connectivity index (χ3n) is 4.38. The van der Waals surface area contributed by atoms with Crippen LogP contribution in [0.5, 0.6) is 0 Å². The largest absolute Gasteiger partial charge is 0.309 e. The van der Waals surface area contributed by atoms with Crippen molar-refractivity contribution >= 4 is 38.3 Å². The maximum atomic E-state index is 14.1. The standard InChI is InChI=1S/C20H21FN4O3S/c1-23(2)11-4-12-24(20-22-19-16(21)5-3-6-17(19)29-20)18(26)13-14-7-9-15(10-8-14)25(27)28/h3,5-10H,4,11-13H2,1-2H3. The van der Waals surface area contributed by atoms with Gasteiger partial charge in [0.05, 0.1) is 16.0 Å². The van der Waals surface area contributed by atoms with Gasteiger partial charge in [-0.2, -0.15) is 0 Å². The predicted octanol–water partition coefficient (Wildman–Crippen LogP) is 3.87. The van der Waals surface area contributed by atoms with Crippen LogP contribution in [0, 0.1) is 15.9 Å². The molecule has 0 atom stereocenters. The molecule has 1 aromatic heterocycles. The van der Waals surface area contributed by atoms with Gasteiger partial charge in [0.25, 0.3) is 5.69 Å². The molecular formula is C20H21FN4O3S. The molecule has 9 heteroatoms. The van der Waals surface area contributed by atoms with Crippen LogP contribution < -0.4 is 4.90 Å². The molecule has 3 rings (SSSR count). The van der Waals surface area contributed by atoms with Crippen molar-refractivity contribution in [1.82, 2.24) is 9.88 Å². The van der Waals surface area contributed by atoms with E-state index in [0.29, 0.717) is 21.9 Å². The zero-order chi connectivity index (χ0) is 21.0. The first-order valence-corrected chi connectivity index (χ1v) is 9.90. The number of nitro benzene ring substituents is 1. The molecule has 1 heterocycles. The summed E-state index contributed by atoms with van der Waals surface area (Å²) in [5, 5.41) is 11.3. The molecule has 0 spiro atoms. The Morgan fingerprint density at radius 3 is 2.52 bits per heavy atom. The van der Waals surface area contributed by atoms with Gasteiger partial charge in [-0.05, 0) is 44.8 Å². The molecule has 0 aliphatic rings. The summed E-state index contributed by atoms with van der Waals surface area (Å²) in [5.41, 5.74) is 0.907. The van der Waals surface area contributed by atoms with Crippen LogP contribution in [0.1, 0.15) is 12.0 Å². The number of anilines is 1. The second kappa shape index (κ2) is 9.06. The molecule has 0 aliphatic heterocycles. The number of hydrogen-bond donors (Lipinski definition) is 0. The van der Waals surface area contributed by atoms with E-state index in [0.717, 1.165) is 13.0 Å². The van der Waals surface area contributed by atoms with Gasteiger partial charge < -0.3 is 4.90 Å². The predicted molar refractivity (Wildman–Crippen MR) is 112 cm³/mol. The van der Waals surface area contributed by atoms with Crippen LogP contribution >= 0.6 is 11.3 Å². The maximum Gasteiger partial charge on any atom is 0.269 e. The van der Waals surface area contributed by atoms with E-state index in [1.165, 1.54) is 29.5 Å². The van der Waals surface area contributed by atoms with E-state index in [4.69, 9.17) is 0 Å². The lowest BCUT2D eigenvalue weighted by atomic mass is 10.1. The lowest BCUT2D eigenvalue weighted by Crippen LogP contribution is -2.34. The van der Waals surface area contributed by atoms with Crippen molar-refractivity contribution in [1.29, 1.82) is 0 Å². The van der Waals surface area contributed by atoms with Crippen LogP contribution in [0.15, 0.2) is 42.5 Å². The number of carbonyl (C=O) groups is 1. The van der Waals surface area contributed by atoms with E-state index in [1.54, 1.807) is 29.2 Å². The Morgan fingerprint density at radius 1 is 1.17 bits per heavy atom. The molecule has 0 fully saturated rings. The van der Waals surface area contributed by atoms with Gasteiger partial charge >= 0.3 is 0 Å². The van der Waals surface area contributed by atoms with E-state index in [9.17, 15) is 19.3 Å². The maximum absolute atomic E-state index is 14.1. The molecule has 0 radical (unpaired) electrons. The number of hydrogen-bond acceptors (Lipinski definition) is 6. The summed E-state index contributed by atoms with van der Waals surface area (Å²) in [6.07, 6.45) is 0.815. The van der Waals surface area contributed by atoms with Gasteiger partial charge in [-0.3, -0.25) is 19.8 Å². The molecular weight excluding hydrogens is 395 g/mol. The highest BCUT2D eigenvalue weighted by atomic mass is 32.1. The van der Waals surface area contributed by atoms with Crippen molar-refractivity contribution in [2.24, 2.45) is 0 Å². The Kier molecular flexibility index (Phi) is 6.50. The molecule has 29 heavy (non-hydrogen) atoms. The van der Waals surface area contributed by atoms with E-state index in [-0.39, 0.29) is 23.5 Å². The lowest BCUT2D eigenvalue weighted by molar-refractivity contribution is -0.384. The number of rotatable bonds is 8. The smallest absolute Gasteiger partial charge is 0.269 e. The van der Waals surface area contributed by atoms with Crippen LogP contribution in [0.3, 0.4) is 0 Å². The number of fused-ring (bicyclic) bond motifs is 1. The normalized spacial score (nSPS) is 11.2. The summed E-state index contributed by atoms with van der Waals surface area (Å²) in [4.78, 5) is 31.3. The Morgan fingerprint density at radius 2 is 1.90 bits per heavy atom. The monoisotopic (exact) mass is 416 g/mol. The summed E-state index contributed by atoms with van der Waals surface area (Å²) >= 11 is 1.27. The highest BCUT2D eigenvalue weighted by molar-refractivity contribution is 7.22. The fourth-order valence-corrected chi connectivity index (χ4v) is 3.92. The highest BCUT2D eigenvalue weighted by Crippen LogP contribution is 2.31. The number of thiazole rings is 1. The van der Waals surface area contributed by atoms with Crippen LogP contribution in [-0.2, 0) is 11.2 Å². The number of nitro groups is 1. The Bertz CT molecular complexity index is 1020. The van der Waals surface area contributed by atoms with Crippen LogP contribution in [-0.4, -0.2) is 47.9 Å². The van der Waals surface area contributed by atoms with E-state index in [2.05, 4.69) is 4.98 Å². The van der Waals surface area contributed by atoms with E-state index >= 15 is 0 Å². The number of para-hydroxylation sites is 1. The fourth-order valence-electron chi connectivity index (χ4n) is 2.90. The highest BCUT2D eigenvalue weighted by Gasteiger charge is 2.21. The summed E-state index contributed by atoms with van der Waals surface area (Å²) in [6.45, 7) is 1.24. The van der Waals surface area contributed by atoms with Crippen LogP contribution in [0.4, 0.5) is 15.2 Å². The minimum atomic E-state index is -0.477. The minimum Gasteiger partial charge on any atom is -0.309 e. The average molecular weight is 416 g/mol. The van der Waals surface area contributed by atoms with Gasteiger partial charge in [0.2, 0.25) is 5.91 Å². The number of carbonyl (C=O) groups excluding carboxylic acids is 1. The van der Waals surface area contributed by atoms with Crippen molar-refractivity contribution in [3.8, 4) is 0 Å². The molecule has 1 amide bonds. The molecule has 0 bridgehead atoms. The SMILES string of the molecule is CN(C)CCCN(C(=O)Cc1ccc([N+](=O)[O-])cc1)c1nc2c(F)cccc2s1. The fraction of sp³-hybridized carbons (Fsp3) is 0.300. The number of benzene rings is 2. The second-order valence-electron chi connectivity index (χ2n) is 6.89. The molecule has 0 aliphatic carbocycles. The number of non-ortho nitro benzene ring substituents is 1. The zero-order valence-electron chi connectivity index (χ0n) is 16.2. The van der Waals surface area contributed by atoms with E-state index < -0.39 is 10.7 Å². The molecule has 3 aromatic rings. The van der Waals surface area contributed by atoms with Crippen molar-refractivity contribution < 1.29 is 14.1 Å². The first kappa shape index (κ1) is 20.8. The summed E-state index contributed by atoms with van der Waals surface area (Å²) in [6, 6.07) is 10.7. The second-order valence-corrected chi connectivity index (χ2v) is 7.89. The van der Waals surface area contributed by atoms with Crippen molar-refractivity contribution in [2.45, 2.75) is 12.8 Å². The van der Waals surface area contributed by atoms with Gasteiger partial charge in [0, 0.05) is 18.7 Å².